The molecule has 176 valence electrons. The van der Waals surface area contributed by atoms with Crippen LogP contribution in [0.5, 0.6) is 11.5 Å². The Bertz CT molecular complexity index is 2040. The van der Waals surface area contributed by atoms with Gasteiger partial charge in [-0.1, -0.05) is 92.7 Å². The molecule has 1 aliphatic heterocycles. The summed E-state index contributed by atoms with van der Waals surface area (Å²) in [5, 5.41) is 7.29. The molecule has 0 fully saturated rings. The molecule has 0 bridgehead atoms. The molecule has 0 unspecified atom stereocenters. The first kappa shape index (κ1) is 20.6. The maximum atomic E-state index is 6.61. The third-order valence-electron chi connectivity index (χ3n) is 8.12. The molecule has 0 amide bonds. The van der Waals surface area contributed by atoms with Gasteiger partial charge in [0.25, 0.3) is 0 Å². The van der Waals surface area contributed by atoms with Gasteiger partial charge in [-0.25, -0.2) is 0 Å². The Kier molecular flexibility index (Phi) is 4.03. The minimum absolute atomic E-state index is 0.251. The van der Waals surface area contributed by atoms with E-state index in [-0.39, 0.29) is 5.41 Å². The largest absolute Gasteiger partial charge is 0.453 e. The summed E-state index contributed by atoms with van der Waals surface area (Å²) < 4.78 is 12.9. The van der Waals surface area contributed by atoms with Crippen LogP contribution in [0.2, 0.25) is 0 Å². The molecule has 1 aliphatic rings. The fourth-order valence-corrected chi connectivity index (χ4v) is 6.18. The SMILES string of the molecule is CC1(C)c2cc(-c3cc4ccccc4c4ccccc34)ccc2Oc2c1ccc1c2oc2ccccc21. The van der Waals surface area contributed by atoms with Crippen LogP contribution in [0.1, 0.15) is 25.0 Å². The Balaban J connectivity index is 1.35. The molecular weight excluding hydrogens is 452 g/mol. The highest BCUT2D eigenvalue weighted by Crippen LogP contribution is 2.52. The first-order valence-electron chi connectivity index (χ1n) is 12.8. The van der Waals surface area contributed by atoms with E-state index in [4.69, 9.17) is 9.15 Å². The Morgan fingerprint density at radius 2 is 1.30 bits per heavy atom. The quantitative estimate of drug-likeness (QED) is 0.220. The van der Waals surface area contributed by atoms with Crippen LogP contribution in [0.3, 0.4) is 0 Å². The van der Waals surface area contributed by atoms with Gasteiger partial charge >= 0.3 is 0 Å². The van der Waals surface area contributed by atoms with Crippen molar-refractivity contribution in [3.63, 3.8) is 0 Å². The van der Waals surface area contributed by atoms with Crippen LogP contribution in [-0.4, -0.2) is 0 Å². The predicted molar refractivity (Wildman–Crippen MR) is 153 cm³/mol. The zero-order chi connectivity index (χ0) is 24.7. The maximum absolute atomic E-state index is 6.61. The van der Waals surface area contributed by atoms with E-state index in [9.17, 15) is 0 Å². The first-order valence-corrected chi connectivity index (χ1v) is 12.8. The summed E-state index contributed by atoms with van der Waals surface area (Å²) in [6.45, 7) is 4.56. The van der Waals surface area contributed by atoms with Gasteiger partial charge in [0.15, 0.2) is 11.3 Å². The van der Waals surface area contributed by atoms with Gasteiger partial charge in [-0.15, -0.1) is 0 Å². The Hall–Kier alpha value is -4.56. The lowest BCUT2D eigenvalue weighted by molar-refractivity contribution is 0.415. The summed E-state index contributed by atoms with van der Waals surface area (Å²) in [5.74, 6) is 1.72. The molecule has 8 rings (SSSR count). The average molecular weight is 477 g/mol. The molecule has 6 aromatic carbocycles. The minimum atomic E-state index is -0.251. The standard InChI is InChI=1S/C35H24O2/c1-35(2)29-17-16-27-26-13-7-8-14-31(26)36-33(27)34(29)37-32-18-15-22(20-30(32)35)28-19-21-9-3-4-10-23(21)24-11-5-6-12-25(24)28/h3-20H,1-2H3. The summed E-state index contributed by atoms with van der Waals surface area (Å²) >= 11 is 0. The smallest absolute Gasteiger partial charge is 0.178 e. The minimum Gasteiger partial charge on any atom is -0.453 e. The first-order chi connectivity index (χ1) is 18.1. The van der Waals surface area contributed by atoms with Crippen molar-refractivity contribution in [1.82, 2.24) is 0 Å². The number of hydrogen-bond acceptors (Lipinski definition) is 2. The average Bonchev–Trinajstić information content (AvgIpc) is 3.32. The van der Waals surface area contributed by atoms with E-state index in [1.165, 1.54) is 38.2 Å². The normalized spacial score (nSPS) is 14.1. The van der Waals surface area contributed by atoms with E-state index in [2.05, 4.69) is 111 Å². The van der Waals surface area contributed by atoms with E-state index in [1.54, 1.807) is 0 Å². The van der Waals surface area contributed by atoms with Crippen molar-refractivity contribution in [3.8, 4) is 22.6 Å². The van der Waals surface area contributed by atoms with Crippen molar-refractivity contribution in [2.24, 2.45) is 0 Å². The van der Waals surface area contributed by atoms with Gasteiger partial charge in [0.2, 0.25) is 0 Å². The lowest BCUT2D eigenvalue weighted by atomic mass is 9.74. The van der Waals surface area contributed by atoms with E-state index in [0.29, 0.717) is 0 Å². The molecule has 0 atom stereocenters. The van der Waals surface area contributed by atoms with Crippen molar-refractivity contribution in [1.29, 1.82) is 0 Å². The zero-order valence-electron chi connectivity index (χ0n) is 20.7. The molecule has 0 aliphatic carbocycles. The van der Waals surface area contributed by atoms with Gasteiger partial charge < -0.3 is 9.15 Å². The number of fused-ring (bicyclic) bond motifs is 9. The summed E-state index contributed by atoms with van der Waals surface area (Å²) in [4.78, 5) is 0. The van der Waals surface area contributed by atoms with Crippen LogP contribution in [0.4, 0.5) is 0 Å². The topological polar surface area (TPSA) is 22.4 Å². The van der Waals surface area contributed by atoms with Crippen molar-refractivity contribution >= 4 is 43.5 Å². The van der Waals surface area contributed by atoms with E-state index in [1.807, 2.05) is 12.1 Å². The number of ether oxygens (including phenoxy) is 1. The molecule has 37 heavy (non-hydrogen) atoms. The molecule has 0 spiro atoms. The summed E-state index contributed by atoms with van der Waals surface area (Å²) in [6.07, 6.45) is 0. The number of hydrogen-bond donors (Lipinski definition) is 0. The summed E-state index contributed by atoms with van der Waals surface area (Å²) in [7, 11) is 0. The fourth-order valence-electron chi connectivity index (χ4n) is 6.18. The van der Waals surface area contributed by atoms with Crippen molar-refractivity contribution < 1.29 is 9.15 Å². The third-order valence-corrected chi connectivity index (χ3v) is 8.12. The van der Waals surface area contributed by atoms with Crippen LogP contribution < -0.4 is 4.74 Å². The molecule has 0 saturated heterocycles. The third kappa shape index (κ3) is 2.81. The number of rotatable bonds is 1. The Morgan fingerprint density at radius 1 is 0.568 bits per heavy atom. The van der Waals surface area contributed by atoms with Crippen LogP contribution in [0.15, 0.2) is 114 Å². The van der Waals surface area contributed by atoms with Gasteiger partial charge in [-0.3, -0.25) is 0 Å². The highest BCUT2D eigenvalue weighted by atomic mass is 16.5. The van der Waals surface area contributed by atoms with Crippen LogP contribution >= 0.6 is 0 Å². The van der Waals surface area contributed by atoms with Crippen molar-refractivity contribution in [2.75, 3.05) is 0 Å². The van der Waals surface area contributed by atoms with Crippen molar-refractivity contribution in [2.45, 2.75) is 19.3 Å². The van der Waals surface area contributed by atoms with Gasteiger partial charge in [0, 0.05) is 27.3 Å². The predicted octanol–water partition coefficient (Wildman–Crippen LogP) is 9.99. The highest BCUT2D eigenvalue weighted by Gasteiger charge is 2.36. The second-order valence-electron chi connectivity index (χ2n) is 10.5. The molecule has 0 N–H and O–H groups in total. The molecule has 0 saturated carbocycles. The lowest BCUT2D eigenvalue weighted by Crippen LogP contribution is -2.24. The number of benzene rings is 6. The van der Waals surface area contributed by atoms with Gasteiger partial charge in [-0.2, -0.15) is 0 Å². The van der Waals surface area contributed by atoms with Crippen LogP contribution in [-0.2, 0) is 5.41 Å². The zero-order valence-corrected chi connectivity index (χ0v) is 20.7. The Labute approximate surface area is 214 Å². The Morgan fingerprint density at radius 3 is 2.16 bits per heavy atom. The summed E-state index contributed by atoms with van der Waals surface area (Å²) in [5.41, 5.74) is 6.23. The number of para-hydroxylation sites is 1. The second kappa shape index (κ2) is 7.24. The van der Waals surface area contributed by atoms with Gasteiger partial charge in [0.1, 0.15) is 11.3 Å². The lowest BCUT2D eigenvalue weighted by Gasteiger charge is -2.34. The van der Waals surface area contributed by atoms with Crippen LogP contribution in [0.25, 0.3) is 54.6 Å². The number of furan rings is 1. The summed E-state index contributed by atoms with van der Waals surface area (Å²) in [6, 6.07) is 38.9. The molecule has 0 radical (unpaired) electrons. The maximum Gasteiger partial charge on any atom is 0.178 e. The monoisotopic (exact) mass is 476 g/mol. The second-order valence-corrected chi connectivity index (χ2v) is 10.5. The van der Waals surface area contributed by atoms with Crippen molar-refractivity contribution in [3.05, 3.63) is 120 Å². The molecular formula is C35H24O2. The highest BCUT2D eigenvalue weighted by molar-refractivity contribution is 6.14. The van der Waals surface area contributed by atoms with Gasteiger partial charge in [-0.05, 0) is 63.0 Å². The van der Waals surface area contributed by atoms with E-state index >= 15 is 0 Å². The van der Waals surface area contributed by atoms with Crippen LogP contribution in [0, 0.1) is 0 Å². The molecule has 1 aromatic heterocycles. The molecule has 2 heteroatoms. The van der Waals surface area contributed by atoms with Gasteiger partial charge in [0.05, 0.1) is 0 Å². The molecule has 7 aromatic rings. The fraction of sp³-hybridized carbons (Fsp3) is 0.0857. The van der Waals surface area contributed by atoms with E-state index in [0.717, 1.165) is 39.0 Å². The molecule has 2 nitrogen and oxygen atoms in total. The molecule has 2 heterocycles. The van der Waals surface area contributed by atoms with E-state index < -0.39 is 0 Å².